The number of benzene rings is 2. The Hall–Kier alpha value is -2.25. The molecule has 2 aromatic carbocycles. The molecule has 7 nitrogen and oxygen atoms in total. The normalized spacial score (nSPS) is 12.4. The highest BCUT2D eigenvalue weighted by molar-refractivity contribution is 7.51. The fourth-order valence-corrected chi connectivity index (χ4v) is 3.53. The monoisotopic (exact) mass is 443 g/mol. The van der Waals surface area contributed by atoms with Gasteiger partial charge in [0.15, 0.2) is 0 Å². The van der Waals surface area contributed by atoms with Crippen LogP contribution in [0.5, 0.6) is 0 Å². The van der Waals surface area contributed by atoms with E-state index < -0.39 is 50.3 Å². The van der Waals surface area contributed by atoms with E-state index in [1.54, 1.807) is 24.3 Å². The molecule has 0 bridgehead atoms. The second-order valence-electron chi connectivity index (χ2n) is 6.49. The van der Waals surface area contributed by atoms with Crippen molar-refractivity contribution in [1.29, 1.82) is 0 Å². The van der Waals surface area contributed by atoms with Gasteiger partial charge in [0.2, 0.25) is 5.91 Å². The number of carbonyl (C=O) groups excluding carboxylic acids is 1. The highest BCUT2D eigenvalue weighted by Gasteiger charge is 2.21. The van der Waals surface area contributed by atoms with Crippen molar-refractivity contribution < 1.29 is 33.4 Å². The molecule has 0 aromatic heterocycles. The van der Waals surface area contributed by atoms with Crippen molar-refractivity contribution in [2.24, 2.45) is 0 Å². The first-order valence-electron chi connectivity index (χ1n) is 8.64. The van der Waals surface area contributed by atoms with Gasteiger partial charge in [0.25, 0.3) is 0 Å². The number of aliphatic carboxylic acids is 1. The average Bonchev–Trinajstić information content (AvgIpc) is 2.61. The third-order valence-corrected chi connectivity index (χ3v) is 5.16. The number of rotatable bonds is 9. The van der Waals surface area contributed by atoms with Gasteiger partial charge in [0.05, 0.1) is 12.6 Å². The highest BCUT2D eigenvalue weighted by atomic mass is 35.5. The molecule has 0 radical (unpaired) electrons. The van der Waals surface area contributed by atoms with Crippen LogP contribution < -0.4 is 5.32 Å². The lowest BCUT2D eigenvalue weighted by atomic mass is 9.93. The van der Waals surface area contributed by atoms with Crippen molar-refractivity contribution in [3.05, 3.63) is 58.9 Å². The number of hydrogen-bond acceptors (Lipinski definition) is 3. The largest absolute Gasteiger partial charge is 0.481 e. The Morgan fingerprint density at radius 1 is 1.14 bits per heavy atom. The Bertz CT molecular complexity index is 948. The number of hydrogen-bond donors (Lipinski definition) is 4. The van der Waals surface area contributed by atoms with Gasteiger partial charge in [-0.15, -0.1) is 0 Å². The summed E-state index contributed by atoms with van der Waals surface area (Å²) in [4.78, 5) is 41.0. The van der Waals surface area contributed by atoms with Gasteiger partial charge in [0.1, 0.15) is 5.82 Å². The Morgan fingerprint density at radius 3 is 2.48 bits per heavy atom. The Kier molecular flexibility index (Phi) is 7.93. The van der Waals surface area contributed by atoms with Gasteiger partial charge in [-0.1, -0.05) is 35.9 Å². The summed E-state index contributed by atoms with van der Waals surface area (Å²) in [6, 6.07) is 10.0. The SMILES string of the molecule is O=C(O)C[C@@H](Cc1ccccc1-c1cc(Cl)ccc1F)NC(=O)CCP(=O)(O)O. The molecule has 0 aliphatic rings. The molecule has 1 atom stereocenters. The molecule has 0 saturated heterocycles. The summed E-state index contributed by atoms with van der Waals surface area (Å²) in [5.41, 5.74) is 1.34. The van der Waals surface area contributed by atoms with Crippen LogP contribution in [0.2, 0.25) is 5.02 Å². The van der Waals surface area contributed by atoms with E-state index in [-0.39, 0.29) is 12.0 Å². The van der Waals surface area contributed by atoms with E-state index in [4.69, 9.17) is 26.5 Å². The lowest BCUT2D eigenvalue weighted by Crippen LogP contribution is -2.38. The molecule has 156 valence electrons. The minimum absolute atomic E-state index is 0.0794. The van der Waals surface area contributed by atoms with Gasteiger partial charge in [0, 0.05) is 23.0 Å². The third-order valence-electron chi connectivity index (χ3n) is 4.12. The number of carboxylic acid groups (broad SMARTS) is 1. The van der Waals surface area contributed by atoms with Crippen molar-refractivity contribution in [3.63, 3.8) is 0 Å². The van der Waals surface area contributed by atoms with Crippen LogP contribution in [0.1, 0.15) is 18.4 Å². The molecule has 0 heterocycles. The first kappa shape index (κ1) is 23.0. The Morgan fingerprint density at radius 2 is 1.83 bits per heavy atom. The minimum Gasteiger partial charge on any atom is -0.481 e. The maximum Gasteiger partial charge on any atom is 0.326 e. The van der Waals surface area contributed by atoms with E-state index in [0.29, 0.717) is 16.1 Å². The minimum atomic E-state index is -4.35. The number of carboxylic acids is 1. The molecule has 2 rings (SSSR count). The van der Waals surface area contributed by atoms with Crippen molar-refractivity contribution in [2.75, 3.05) is 6.16 Å². The Labute approximate surface area is 171 Å². The van der Waals surface area contributed by atoms with Crippen molar-refractivity contribution in [2.45, 2.75) is 25.3 Å². The van der Waals surface area contributed by atoms with E-state index in [9.17, 15) is 18.5 Å². The maximum atomic E-state index is 14.3. The standard InChI is InChI=1S/C19H20ClFNO6P/c20-13-5-6-17(21)16(10-13)15-4-2-1-3-12(15)9-14(11-19(24)25)22-18(23)7-8-29(26,27)28/h1-6,10,14H,7-9,11H2,(H,22,23)(H,24,25)(H2,26,27,28)/t14-/m1/s1. The summed E-state index contributed by atoms with van der Waals surface area (Å²) < 4.78 is 25.2. The lowest BCUT2D eigenvalue weighted by Gasteiger charge is -2.19. The van der Waals surface area contributed by atoms with Crippen LogP contribution in [0, 0.1) is 5.82 Å². The molecule has 0 unspecified atom stereocenters. The zero-order valence-corrected chi connectivity index (χ0v) is 16.9. The van der Waals surface area contributed by atoms with E-state index in [0.717, 1.165) is 0 Å². The van der Waals surface area contributed by atoms with E-state index in [1.807, 2.05) is 0 Å². The number of halogens is 2. The van der Waals surface area contributed by atoms with Crippen LogP contribution in [0.25, 0.3) is 11.1 Å². The maximum absolute atomic E-state index is 14.3. The van der Waals surface area contributed by atoms with E-state index in [1.165, 1.54) is 18.2 Å². The summed E-state index contributed by atoms with van der Waals surface area (Å²) >= 11 is 5.97. The molecule has 0 spiro atoms. The molecule has 0 aliphatic heterocycles. The summed E-state index contributed by atoms with van der Waals surface area (Å²) in [6.07, 6.45) is -1.40. The quantitative estimate of drug-likeness (QED) is 0.441. The van der Waals surface area contributed by atoms with E-state index >= 15 is 0 Å². The zero-order valence-electron chi connectivity index (χ0n) is 15.2. The van der Waals surface area contributed by atoms with Crippen LogP contribution in [0.3, 0.4) is 0 Å². The van der Waals surface area contributed by atoms with Crippen LogP contribution in [0.4, 0.5) is 4.39 Å². The molecule has 2 aromatic rings. The zero-order chi connectivity index (χ0) is 21.6. The molecule has 10 heteroatoms. The fraction of sp³-hybridized carbons (Fsp3) is 0.263. The van der Waals surface area contributed by atoms with Gasteiger partial charge >= 0.3 is 13.6 Å². The fourth-order valence-electron chi connectivity index (χ4n) is 2.86. The van der Waals surface area contributed by atoms with Crippen LogP contribution >= 0.6 is 19.2 Å². The first-order valence-corrected chi connectivity index (χ1v) is 10.8. The average molecular weight is 444 g/mol. The van der Waals surface area contributed by atoms with Crippen LogP contribution in [-0.4, -0.2) is 39.0 Å². The lowest BCUT2D eigenvalue weighted by molar-refractivity contribution is -0.137. The molecular formula is C19H20ClFNO6P. The van der Waals surface area contributed by atoms with Crippen LogP contribution in [-0.2, 0) is 20.6 Å². The summed E-state index contributed by atoms with van der Waals surface area (Å²) in [5.74, 6) is -2.33. The van der Waals surface area contributed by atoms with Crippen molar-refractivity contribution >= 4 is 31.1 Å². The van der Waals surface area contributed by atoms with Gasteiger partial charge in [-0.05, 0) is 35.7 Å². The molecule has 1 amide bonds. The molecule has 0 fully saturated rings. The third kappa shape index (κ3) is 7.59. The second-order valence-corrected chi connectivity index (χ2v) is 8.70. The molecule has 29 heavy (non-hydrogen) atoms. The topological polar surface area (TPSA) is 124 Å². The summed E-state index contributed by atoms with van der Waals surface area (Å²) in [5, 5.41) is 12.0. The van der Waals surface area contributed by atoms with Gasteiger partial charge < -0.3 is 20.2 Å². The Balaban J connectivity index is 2.25. The smallest absolute Gasteiger partial charge is 0.326 e. The number of nitrogens with one attached hydrogen (secondary N) is 1. The van der Waals surface area contributed by atoms with E-state index in [2.05, 4.69) is 5.32 Å². The predicted octanol–water partition coefficient (Wildman–Crippen LogP) is 3.22. The summed E-state index contributed by atoms with van der Waals surface area (Å²) in [7, 11) is -4.35. The molecule has 4 N–H and O–H groups in total. The van der Waals surface area contributed by atoms with Crippen molar-refractivity contribution in [3.8, 4) is 11.1 Å². The molecule has 0 saturated carbocycles. The summed E-state index contributed by atoms with van der Waals surface area (Å²) in [6.45, 7) is 0. The molecular weight excluding hydrogens is 424 g/mol. The van der Waals surface area contributed by atoms with Crippen LogP contribution in [0.15, 0.2) is 42.5 Å². The first-order chi connectivity index (χ1) is 13.5. The number of amides is 1. The highest BCUT2D eigenvalue weighted by Crippen LogP contribution is 2.34. The molecule has 0 aliphatic carbocycles. The van der Waals surface area contributed by atoms with Gasteiger partial charge in [-0.25, -0.2) is 4.39 Å². The van der Waals surface area contributed by atoms with Gasteiger partial charge in [-0.2, -0.15) is 0 Å². The van der Waals surface area contributed by atoms with Gasteiger partial charge in [-0.3, -0.25) is 14.2 Å². The number of carbonyl (C=O) groups is 2. The predicted molar refractivity (Wildman–Crippen MR) is 106 cm³/mol. The van der Waals surface area contributed by atoms with Crippen molar-refractivity contribution in [1.82, 2.24) is 5.32 Å². The second kappa shape index (κ2) is 9.98.